The molecule has 1 fully saturated rings. The molecule has 0 bridgehead atoms. The topological polar surface area (TPSA) is 37.2 Å². The first-order valence-corrected chi connectivity index (χ1v) is 11.7. The van der Waals surface area contributed by atoms with Crippen LogP contribution in [0.4, 0.5) is 4.39 Å². The highest BCUT2D eigenvalue weighted by Gasteiger charge is 2.15. The summed E-state index contributed by atoms with van der Waals surface area (Å²) in [6, 6.07) is 21.8. The number of pyridine rings is 1. The molecule has 6 rings (SSSR count). The van der Waals surface area contributed by atoms with E-state index >= 15 is 0 Å². The van der Waals surface area contributed by atoms with Crippen molar-refractivity contribution in [2.24, 2.45) is 0 Å². The lowest BCUT2D eigenvalue weighted by molar-refractivity contribution is 0.148. The van der Waals surface area contributed by atoms with Gasteiger partial charge >= 0.3 is 0 Å². The lowest BCUT2D eigenvalue weighted by atomic mass is 10.0. The molecule has 170 valence electrons. The van der Waals surface area contributed by atoms with Crippen LogP contribution in [0, 0.1) is 5.82 Å². The first-order valence-electron chi connectivity index (χ1n) is 11.7. The molecule has 0 spiro atoms. The first kappa shape index (κ1) is 21.0. The van der Waals surface area contributed by atoms with Crippen molar-refractivity contribution < 1.29 is 4.39 Å². The third kappa shape index (κ3) is 3.85. The summed E-state index contributed by atoms with van der Waals surface area (Å²) in [4.78, 5) is 14.0. The number of aromatic nitrogens is 3. The van der Waals surface area contributed by atoms with Crippen molar-refractivity contribution in [1.29, 1.82) is 0 Å². The summed E-state index contributed by atoms with van der Waals surface area (Å²) in [6.07, 6.45) is 3.43. The van der Waals surface area contributed by atoms with Crippen LogP contribution in [0.25, 0.3) is 38.8 Å². The van der Waals surface area contributed by atoms with Crippen molar-refractivity contribution in [2.45, 2.75) is 6.54 Å². The summed E-state index contributed by atoms with van der Waals surface area (Å²) in [6.45, 7) is 5.38. The Morgan fingerprint density at radius 1 is 0.824 bits per heavy atom. The zero-order chi connectivity index (χ0) is 23.1. The van der Waals surface area contributed by atoms with Crippen LogP contribution in [0.5, 0.6) is 0 Å². The Hall–Kier alpha value is -3.61. The van der Waals surface area contributed by atoms with Crippen LogP contribution in [0.1, 0.15) is 5.56 Å². The van der Waals surface area contributed by atoms with Gasteiger partial charge in [0.05, 0.1) is 22.9 Å². The van der Waals surface area contributed by atoms with Crippen molar-refractivity contribution in [3.05, 3.63) is 90.6 Å². The summed E-state index contributed by atoms with van der Waals surface area (Å²) < 4.78 is 16.4. The molecule has 2 aromatic heterocycles. The van der Waals surface area contributed by atoms with Gasteiger partial charge in [0.1, 0.15) is 17.7 Å². The quantitative estimate of drug-likeness (QED) is 0.380. The molecule has 3 heterocycles. The Labute approximate surface area is 198 Å². The molecular weight excluding hydrogens is 425 g/mol. The molecule has 0 atom stereocenters. The summed E-state index contributed by atoms with van der Waals surface area (Å²) in [5.74, 6) is -0.278. The SMILES string of the molecule is CN1CCN(Cc2cccc(-c3ccc4ncc5ncn(-c6ccccc6F)c5c4c3)c2)CC1. The zero-order valence-corrected chi connectivity index (χ0v) is 19.2. The number of halogens is 1. The molecule has 3 aromatic carbocycles. The second kappa shape index (κ2) is 8.63. The van der Waals surface area contributed by atoms with E-state index in [-0.39, 0.29) is 5.82 Å². The molecule has 1 saturated heterocycles. The largest absolute Gasteiger partial charge is 0.304 e. The minimum atomic E-state index is -0.278. The monoisotopic (exact) mass is 451 g/mol. The molecule has 0 N–H and O–H groups in total. The number of benzene rings is 3. The molecule has 0 amide bonds. The fraction of sp³-hybridized carbons (Fsp3) is 0.214. The highest BCUT2D eigenvalue weighted by atomic mass is 19.1. The lowest BCUT2D eigenvalue weighted by Crippen LogP contribution is -2.43. The highest BCUT2D eigenvalue weighted by Crippen LogP contribution is 2.31. The molecular formula is C28H26FN5. The Kier molecular flexibility index (Phi) is 5.32. The van der Waals surface area contributed by atoms with Crippen molar-refractivity contribution in [1.82, 2.24) is 24.3 Å². The van der Waals surface area contributed by atoms with E-state index in [9.17, 15) is 4.39 Å². The van der Waals surface area contributed by atoms with Gasteiger partial charge in [0, 0.05) is 38.1 Å². The van der Waals surface area contributed by atoms with Crippen LogP contribution in [0.15, 0.2) is 79.3 Å². The summed E-state index contributed by atoms with van der Waals surface area (Å²) in [5.41, 5.74) is 6.56. The van der Waals surface area contributed by atoms with Crippen LogP contribution in [0.2, 0.25) is 0 Å². The van der Waals surface area contributed by atoms with E-state index in [4.69, 9.17) is 0 Å². The van der Waals surface area contributed by atoms with E-state index in [1.165, 1.54) is 17.2 Å². The smallest absolute Gasteiger partial charge is 0.147 e. The van der Waals surface area contributed by atoms with Gasteiger partial charge in [-0.05, 0) is 54.1 Å². The maximum absolute atomic E-state index is 14.6. The fourth-order valence-corrected chi connectivity index (χ4v) is 4.82. The second-order valence-corrected chi connectivity index (χ2v) is 9.07. The maximum atomic E-state index is 14.6. The molecule has 1 aliphatic heterocycles. The molecule has 0 unspecified atom stereocenters. The third-order valence-corrected chi connectivity index (χ3v) is 6.75. The molecule has 6 heteroatoms. The van der Waals surface area contributed by atoms with Crippen LogP contribution in [-0.4, -0.2) is 57.6 Å². The molecule has 5 aromatic rings. The number of para-hydroxylation sites is 1. The predicted octanol–water partition coefficient (Wildman–Crippen LogP) is 5.13. The Balaban J connectivity index is 1.41. The molecule has 0 radical (unpaired) electrons. The number of piperazine rings is 1. The van der Waals surface area contributed by atoms with Crippen LogP contribution < -0.4 is 0 Å². The van der Waals surface area contributed by atoms with Gasteiger partial charge in [-0.3, -0.25) is 14.5 Å². The molecule has 5 nitrogen and oxygen atoms in total. The van der Waals surface area contributed by atoms with Crippen molar-refractivity contribution in [3.63, 3.8) is 0 Å². The number of rotatable bonds is 4. The number of fused-ring (bicyclic) bond motifs is 3. The molecule has 0 saturated carbocycles. The summed E-state index contributed by atoms with van der Waals surface area (Å²) >= 11 is 0. The van der Waals surface area contributed by atoms with Gasteiger partial charge in [-0.2, -0.15) is 0 Å². The molecule has 1 aliphatic rings. The molecule has 0 aliphatic carbocycles. The van der Waals surface area contributed by atoms with E-state index in [0.717, 1.165) is 60.2 Å². The molecule has 34 heavy (non-hydrogen) atoms. The van der Waals surface area contributed by atoms with E-state index in [1.54, 1.807) is 24.7 Å². The van der Waals surface area contributed by atoms with Gasteiger partial charge < -0.3 is 4.90 Å². The highest BCUT2D eigenvalue weighted by molar-refractivity contribution is 6.04. The number of hydrogen-bond donors (Lipinski definition) is 0. The van der Waals surface area contributed by atoms with Gasteiger partial charge in [0.15, 0.2) is 0 Å². The average molecular weight is 452 g/mol. The lowest BCUT2D eigenvalue weighted by Gasteiger charge is -2.32. The first-order chi connectivity index (χ1) is 16.7. The number of nitrogens with zero attached hydrogens (tertiary/aromatic N) is 5. The normalized spacial score (nSPS) is 15.4. The Bertz CT molecular complexity index is 1480. The van der Waals surface area contributed by atoms with Crippen molar-refractivity contribution in [2.75, 3.05) is 33.2 Å². The van der Waals surface area contributed by atoms with Crippen LogP contribution in [0.3, 0.4) is 0 Å². The fourth-order valence-electron chi connectivity index (χ4n) is 4.82. The Morgan fingerprint density at radius 2 is 1.65 bits per heavy atom. The minimum Gasteiger partial charge on any atom is -0.304 e. The number of hydrogen-bond acceptors (Lipinski definition) is 4. The van der Waals surface area contributed by atoms with Gasteiger partial charge in [-0.1, -0.05) is 36.4 Å². The third-order valence-electron chi connectivity index (χ3n) is 6.75. The van der Waals surface area contributed by atoms with E-state index < -0.39 is 0 Å². The maximum Gasteiger partial charge on any atom is 0.147 e. The van der Waals surface area contributed by atoms with E-state index in [2.05, 4.69) is 63.2 Å². The van der Waals surface area contributed by atoms with Gasteiger partial charge in [0.25, 0.3) is 0 Å². The standard InChI is InChI=1S/C28H26FN5/c1-32-11-13-33(14-12-32)18-20-5-4-6-21(15-20)22-9-10-25-23(16-22)28-26(17-30-25)31-19-34(28)27-8-3-2-7-24(27)29/h2-10,15-17,19H,11-14,18H2,1H3. The van der Waals surface area contributed by atoms with E-state index in [1.807, 2.05) is 16.7 Å². The number of imidazole rings is 1. The van der Waals surface area contributed by atoms with Crippen molar-refractivity contribution >= 4 is 21.9 Å². The van der Waals surface area contributed by atoms with Crippen LogP contribution in [-0.2, 0) is 6.54 Å². The van der Waals surface area contributed by atoms with Gasteiger partial charge in [-0.25, -0.2) is 9.37 Å². The van der Waals surface area contributed by atoms with Crippen LogP contribution >= 0.6 is 0 Å². The second-order valence-electron chi connectivity index (χ2n) is 9.07. The summed E-state index contributed by atoms with van der Waals surface area (Å²) in [5, 5.41) is 0.959. The predicted molar refractivity (Wildman–Crippen MR) is 135 cm³/mol. The summed E-state index contributed by atoms with van der Waals surface area (Å²) in [7, 11) is 2.18. The van der Waals surface area contributed by atoms with Crippen molar-refractivity contribution in [3.8, 4) is 16.8 Å². The number of likely N-dealkylation sites (N-methyl/N-ethyl adjacent to an activating group) is 1. The van der Waals surface area contributed by atoms with Gasteiger partial charge in [-0.15, -0.1) is 0 Å². The average Bonchev–Trinajstić information content (AvgIpc) is 3.30. The van der Waals surface area contributed by atoms with Gasteiger partial charge in [0.2, 0.25) is 0 Å². The van der Waals surface area contributed by atoms with E-state index in [0.29, 0.717) is 5.69 Å². The zero-order valence-electron chi connectivity index (χ0n) is 19.2. The Morgan fingerprint density at radius 3 is 2.50 bits per heavy atom. The minimum absolute atomic E-state index is 0.278.